The van der Waals surface area contributed by atoms with Crippen LogP contribution in [-0.4, -0.2) is 38.6 Å². The monoisotopic (exact) mass is 352 g/mol. The van der Waals surface area contributed by atoms with Crippen molar-refractivity contribution < 1.29 is 14.9 Å². The van der Waals surface area contributed by atoms with E-state index >= 15 is 0 Å². The zero-order chi connectivity index (χ0) is 12.6. The Morgan fingerprint density at radius 1 is 1.65 bits per heavy atom. The predicted octanol–water partition coefficient (Wildman–Crippen LogP) is -1.28. The Balaban J connectivity index is 2.40. The zero-order valence-electron chi connectivity index (χ0n) is 8.67. The van der Waals surface area contributed by atoms with E-state index in [1.807, 2.05) is 22.6 Å². The first-order chi connectivity index (χ1) is 7.96. The van der Waals surface area contributed by atoms with Gasteiger partial charge in [0.05, 0.1) is 12.7 Å². The first-order valence-corrected chi connectivity index (χ1v) is 6.02. The number of aromatic amines is 1. The van der Waals surface area contributed by atoms with Crippen molar-refractivity contribution >= 4 is 22.6 Å². The van der Waals surface area contributed by atoms with Gasteiger partial charge in [0, 0.05) is 18.7 Å². The molecule has 0 saturated carbocycles. The smallest absolute Gasteiger partial charge is 0.331 e. The molecule has 0 aliphatic carbocycles. The van der Waals surface area contributed by atoms with Crippen molar-refractivity contribution in [3.8, 4) is 0 Å². The number of nitrogens with one attached hydrogen (secondary N) is 1. The highest BCUT2D eigenvalue weighted by molar-refractivity contribution is 14.1. The number of aromatic nitrogens is 2. The van der Waals surface area contributed by atoms with Crippen molar-refractivity contribution in [3.05, 3.63) is 33.1 Å². The van der Waals surface area contributed by atoms with E-state index in [-0.39, 0.29) is 13.0 Å². The van der Waals surface area contributed by atoms with Gasteiger partial charge in [0.15, 0.2) is 0 Å². The molecule has 0 radical (unpaired) electrons. The summed E-state index contributed by atoms with van der Waals surface area (Å²) in [7, 11) is 0. The van der Waals surface area contributed by atoms with E-state index in [4.69, 9.17) is 9.84 Å². The van der Waals surface area contributed by atoms with Gasteiger partial charge in [-0.2, -0.15) is 0 Å². The molecule has 1 aliphatic rings. The highest BCUT2D eigenvalue weighted by Crippen LogP contribution is 2.39. The molecule has 0 aromatic carbocycles. The van der Waals surface area contributed by atoms with Crippen molar-refractivity contribution in [1.29, 1.82) is 0 Å². The number of hydrogen-bond donors (Lipinski definition) is 3. The Labute approximate surface area is 109 Å². The molecule has 1 aromatic rings. The fraction of sp³-hybridized carbons (Fsp3) is 0.556. The summed E-state index contributed by atoms with van der Waals surface area (Å²) in [5.41, 5.74) is -1.11. The van der Waals surface area contributed by atoms with E-state index in [0.717, 1.165) is 0 Å². The molecule has 3 N–H and O–H groups in total. The second-order valence-corrected chi connectivity index (χ2v) is 5.47. The third kappa shape index (κ3) is 2.30. The van der Waals surface area contributed by atoms with Crippen LogP contribution in [0.5, 0.6) is 0 Å². The standard InChI is InChI=1S/C9H11IN2O5/c10-9(3-5(14)6(4-13)17-9)12-2-1-7(15)11-8(12)16/h1-2,5-6,13-14H,3-4H2,(H,11,15,16)/t5-,6+,9-/m0/s1/i10-2. The van der Waals surface area contributed by atoms with Gasteiger partial charge in [-0.05, 0) is 22.6 Å². The lowest BCUT2D eigenvalue weighted by Crippen LogP contribution is -2.40. The summed E-state index contributed by atoms with van der Waals surface area (Å²) in [6.45, 7) is -0.329. The lowest BCUT2D eigenvalue weighted by Gasteiger charge is -2.24. The number of H-pyrrole nitrogens is 1. The number of halogens is 1. The summed E-state index contributed by atoms with van der Waals surface area (Å²) >= 11 is 1.87. The largest absolute Gasteiger partial charge is 0.394 e. The van der Waals surface area contributed by atoms with Gasteiger partial charge in [0.2, 0.25) is 3.73 Å². The molecular formula is C9H11IN2O5. The Hall–Kier alpha value is -0.710. The van der Waals surface area contributed by atoms with Crippen LogP contribution < -0.4 is 11.2 Å². The van der Waals surface area contributed by atoms with E-state index in [1.54, 1.807) is 0 Å². The zero-order valence-corrected chi connectivity index (χ0v) is 10.8. The Bertz CT molecular complexity index is 527. The molecule has 1 aliphatic heterocycles. The molecule has 0 bridgehead atoms. The molecule has 17 heavy (non-hydrogen) atoms. The first kappa shape index (κ1) is 12.7. The number of hydrogen-bond acceptors (Lipinski definition) is 5. The Kier molecular flexibility index (Phi) is 3.39. The summed E-state index contributed by atoms with van der Waals surface area (Å²) in [4.78, 5) is 24.7. The molecule has 1 aromatic heterocycles. The summed E-state index contributed by atoms with van der Waals surface area (Å²) in [6.07, 6.45) is -0.119. The number of nitrogens with zero attached hydrogens (tertiary/aromatic N) is 1. The van der Waals surface area contributed by atoms with Crippen LogP contribution >= 0.6 is 22.6 Å². The summed E-state index contributed by atoms with van der Waals surface area (Å²) in [5.74, 6) is 0. The first-order valence-electron chi connectivity index (χ1n) is 4.94. The third-order valence-electron chi connectivity index (χ3n) is 2.59. The number of rotatable bonds is 2. The molecule has 7 nitrogen and oxygen atoms in total. The average Bonchev–Trinajstić information content (AvgIpc) is 2.54. The maximum atomic E-state index is 11.6. The maximum Gasteiger partial charge on any atom is 0.331 e. The van der Waals surface area contributed by atoms with Gasteiger partial charge in [-0.1, -0.05) is 0 Å². The minimum Gasteiger partial charge on any atom is -0.394 e. The number of alkyl halides is 1. The number of aliphatic hydroxyl groups is 2. The molecule has 94 valence electrons. The normalized spacial score (nSPS) is 32.9. The summed E-state index contributed by atoms with van der Waals surface area (Å²) in [6, 6.07) is 1.20. The molecule has 1 fully saturated rings. The van der Waals surface area contributed by atoms with Crippen molar-refractivity contribution in [2.75, 3.05) is 6.61 Å². The SMILES string of the molecule is O=c1ccn([C@@]2([125I])C[C@H](O)[C@@H](CO)O2)c(=O)[nH]1. The maximum absolute atomic E-state index is 11.6. The van der Waals surface area contributed by atoms with Crippen LogP contribution in [0.3, 0.4) is 0 Å². The van der Waals surface area contributed by atoms with Gasteiger partial charge in [-0.15, -0.1) is 0 Å². The summed E-state index contributed by atoms with van der Waals surface area (Å²) in [5, 5.41) is 18.6. The van der Waals surface area contributed by atoms with Gasteiger partial charge in [-0.25, -0.2) is 4.79 Å². The van der Waals surface area contributed by atoms with Crippen molar-refractivity contribution in [3.63, 3.8) is 0 Å². The highest BCUT2D eigenvalue weighted by Gasteiger charge is 2.45. The van der Waals surface area contributed by atoms with Crippen LogP contribution in [0.25, 0.3) is 0 Å². The molecule has 3 atom stereocenters. The molecular weight excluding hydrogens is 341 g/mol. The summed E-state index contributed by atoms with van der Waals surface area (Å²) < 4.78 is 5.54. The number of aliphatic hydroxyl groups excluding tert-OH is 2. The van der Waals surface area contributed by atoms with E-state index in [1.165, 1.54) is 16.8 Å². The van der Waals surface area contributed by atoms with Crippen LogP contribution in [0.15, 0.2) is 21.9 Å². The van der Waals surface area contributed by atoms with E-state index in [0.29, 0.717) is 0 Å². The molecule has 2 heterocycles. The topological polar surface area (TPSA) is 105 Å². The van der Waals surface area contributed by atoms with Crippen LogP contribution in [-0.2, 0) is 8.47 Å². The van der Waals surface area contributed by atoms with Crippen LogP contribution in [0, 0.1) is 0 Å². The molecule has 0 amide bonds. The van der Waals surface area contributed by atoms with Crippen LogP contribution in [0.2, 0.25) is 0 Å². The minimum absolute atomic E-state index is 0.157. The predicted molar refractivity (Wildman–Crippen MR) is 65.9 cm³/mol. The van der Waals surface area contributed by atoms with Crippen LogP contribution in [0.1, 0.15) is 6.42 Å². The van der Waals surface area contributed by atoms with Gasteiger partial charge in [-0.3, -0.25) is 14.3 Å². The fourth-order valence-corrected chi connectivity index (χ4v) is 2.90. The second-order valence-electron chi connectivity index (χ2n) is 3.78. The van der Waals surface area contributed by atoms with Crippen molar-refractivity contribution in [2.45, 2.75) is 22.4 Å². The highest BCUT2D eigenvalue weighted by atomic mass is 125. The fourth-order valence-electron chi connectivity index (χ4n) is 1.74. The number of ether oxygens (including phenoxy) is 1. The van der Waals surface area contributed by atoms with Crippen molar-refractivity contribution in [2.24, 2.45) is 0 Å². The lowest BCUT2D eigenvalue weighted by atomic mass is 10.2. The quantitative estimate of drug-likeness (QED) is 0.455. The Morgan fingerprint density at radius 3 is 2.88 bits per heavy atom. The molecule has 0 spiro atoms. The third-order valence-corrected chi connectivity index (χ3v) is 3.80. The second kappa shape index (κ2) is 4.52. The average molecular weight is 352 g/mol. The van der Waals surface area contributed by atoms with Crippen molar-refractivity contribution in [1.82, 2.24) is 9.55 Å². The Morgan fingerprint density at radius 2 is 2.35 bits per heavy atom. The molecule has 0 unspecified atom stereocenters. The van der Waals surface area contributed by atoms with Crippen LogP contribution in [0.4, 0.5) is 0 Å². The lowest BCUT2D eigenvalue weighted by molar-refractivity contribution is -0.0554. The minimum atomic E-state index is -1.09. The van der Waals surface area contributed by atoms with Gasteiger partial charge in [0.25, 0.3) is 5.56 Å². The molecule has 2 rings (SSSR count). The van der Waals surface area contributed by atoms with Gasteiger partial charge >= 0.3 is 5.69 Å². The van der Waals surface area contributed by atoms with E-state index in [9.17, 15) is 14.7 Å². The van der Waals surface area contributed by atoms with E-state index < -0.39 is 27.2 Å². The van der Waals surface area contributed by atoms with Gasteiger partial charge < -0.3 is 14.9 Å². The van der Waals surface area contributed by atoms with E-state index in [2.05, 4.69) is 4.98 Å². The molecule has 1 saturated heterocycles. The molecule has 8 heteroatoms. The van der Waals surface area contributed by atoms with Gasteiger partial charge in [0.1, 0.15) is 6.10 Å².